The number of aryl methyl sites for hydroxylation is 1. The maximum atomic E-state index is 12.3. The Morgan fingerprint density at radius 3 is 2.80 bits per heavy atom. The molecule has 0 bridgehead atoms. The summed E-state index contributed by atoms with van der Waals surface area (Å²) in [5.41, 5.74) is 1.71. The zero-order chi connectivity index (χ0) is 18.4. The van der Waals surface area contributed by atoms with Gasteiger partial charge in [0.2, 0.25) is 11.8 Å². The van der Waals surface area contributed by atoms with Crippen molar-refractivity contribution in [1.82, 2.24) is 10.2 Å². The van der Waals surface area contributed by atoms with Crippen LogP contribution >= 0.6 is 11.6 Å². The number of rotatable bonds is 6. The van der Waals surface area contributed by atoms with E-state index in [1.807, 2.05) is 39.0 Å². The van der Waals surface area contributed by atoms with Crippen molar-refractivity contribution in [3.05, 3.63) is 28.8 Å². The van der Waals surface area contributed by atoms with Crippen molar-refractivity contribution in [1.29, 1.82) is 0 Å². The number of halogens is 1. The van der Waals surface area contributed by atoms with Gasteiger partial charge in [-0.2, -0.15) is 0 Å². The van der Waals surface area contributed by atoms with E-state index < -0.39 is 0 Å². The fourth-order valence-corrected chi connectivity index (χ4v) is 3.31. The van der Waals surface area contributed by atoms with Gasteiger partial charge in [-0.1, -0.05) is 31.5 Å². The number of nitrogens with one attached hydrogen (secondary N) is 2. The second-order valence-electron chi connectivity index (χ2n) is 7.17. The smallest absolute Gasteiger partial charge is 0.238 e. The molecule has 0 spiro atoms. The first-order valence-electron chi connectivity index (χ1n) is 8.91. The quantitative estimate of drug-likeness (QED) is 0.814. The third kappa shape index (κ3) is 6.33. The maximum absolute atomic E-state index is 12.3. The number of hydrogen-bond acceptors (Lipinski definition) is 3. The van der Waals surface area contributed by atoms with Crippen LogP contribution in [-0.2, 0) is 9.59 Å². The Labute approximate surface area is 155 Å². The van der Waals surface area contributed by atoms with Crippen molar-refractivity contribution in [2.75, 3.05) is 31.5 Å². The van der Waals surface area contributed by atoms with Gasteiger partial charge in [0, 0.05) is 19.0 Å². The Balaban J connectivity index is 1.81. The number of benzene rings is 1. The van der Waals surface area contributed by atoms with E-state index in [1.165, 1.54) is 0 Å². The average Bonchev–Trinajstić information content (AvgIpc) is 2.55. The minimum atomic E-state index is -0.0578. The summed E-state index contributed by atoms with van der Waals surface area (Å²) >= 11 is 6.17. The number of likely N-dealkylation sites (tertiary alicyclic amines) is 1. The normalized spacial score (nSPS) is 18.2. The molecule has 5 nitrogen and oxygen atoms in total. The van der Waals surface area contributed by atoms with Crippen molar-refractivity contribution in [2.45, 2.75) is 33.6 Å². The van der Waals surface area contributed by atoms with Gasteiger partial charge >= 0.3 is 0 Å². The van der Waals surface area contributed by atoms with Crippen molar-refractivity contribution in [3.8, 4) is 0 Å². The Morgan fingerprint density at radius 2 is 2.12 bits per heavy atom. The first-order valence-corrected chi connectivity index (χ1v) is 9.29. The van der Waals surface area contributed by atoms with Crippen molar-refractivity contribution >= 4 is 29.1 Å². The van der Waals surface area contributed by atoms with Gasteiger partial charge in [-0.15, -0.1) is 0 Å². The molecule has 0 saturated carbocycles. The first kappa shape index (κ1) is 19.7. The Hall–Kier alpha value is -1.59. The summed E-state index contributed by atoms with van der Waals surface area (Å²) in [5, 5.41) is 6.43. The number of piperidine rings is 1. The summed E-state index contributed by atoms with van der Waals surface area (Å²) in [5.74, 6) is 0.429. The van der Waals surface area contributed by atoms with Crippen LogP contribution in [0.15, 0.2) is 18.2 Å². The molecule has 1 aliphatic heterocycles. The van der Waals surface area contributed by atoms with Gasteiger partial charge < -0.3 is 10.6 Å². The van der Waals surface area contributed by atoms with Crippen molar-refractivity contribution < 1.29 is 9.59 Å². The first-order chi connectivity index (χ1) is 11.8. The van der Waals surface area contributed by atoms with E-state index >= 15 is 0 Å². The zero-order valence-corrected chi connectivity index (χ0v) is 16.0. The topological polar surface area (TPSA) is 61.4 Å². The number of nitrogens with zero attached hydrogens (tertiary/aromatic N) is 1. The summed E-state index contributed by atoms with van der Waals surface area (Å²) in [4.78, 5) is 26.1. The van der Waals surface area contributed by atoms with Gasteiger partial charge in [0.25, 0.3) is 0 Å². The van der Waals surface area contributed by atoms with Gasteiger partial charge in [-0.05, 0) is 49.9 Å². The van der Waals surface area contributed by atoms with E-state index in [2.05, 4.69) is 15.5 Å². The van der Waals surface area contributed by atoms with E-state index in [1.54, 1.807) is 0 Å². The molecule has 1 aromatic carbocycles. The van der Waals surface area contributed by atoms with Crippen molar-refractivity contribution in [2.24, 2.45) is 11.8 Å². The Bertz CT molecular complexity index is 619. The lowest BCUT2D eigenvalue weighted by atomic mass is 9.97. The van der Waals surface area contributed by atoms with Crippen LogP contribution in [0, 0.1) is 18.8 Å². The number of anilines is 1. The minimum Gasteiger partial charge on any atom is -0.356 e. The second-order valence-corrected chi connectivity index (χ2v) is 7.58. The van der Waals surface area contributed by atoms with Crippen LogP contribution in [0.1, 0.15) is 32.3 Å². The van der Waals surface area contributed by atoms with Gasteiger partial charge in [0.05, 0.1) is 17.3 Å². The van der Waals surface area contributed by atoms with Crippen LogP contribution < -0.4 is 10.6 Å². The molecular weight excluding hydrogens is 338 g/mol. The summed E-state index contributed by atoms with van der Waals surface area (Å²) in [6, 6.07) is 5.59. The van der Waals surface area contributed by atoms with E-state index in [0.29, 0.717) is 29.7 Å². The Morgan fingerprint density at radius 1 is 1.36 bits per heavy atom. The molecule has 1 atom stereocenters. The van der Waals surface area contributed by atoms with Gasteiger partial charge in [-0.3, -0.25) is 14.5 Å². The molecule has 1 unspecified atom stereocenters. The molecule has 2 amide bonds. The number of carbonyl (C=O) groups is 2. The van der Waals surface area contributed by atoms with Gasteiger partial charge in [0.1, 0.15) is 0 Å². The third-order valence-electron chi connectivity index (χ3n) is 4.46. The van der Waals surface area contributed by atoms with E-state index in [4.69, 9.17) is 11.6 Å². The van der Waals surface area contributed by atoms with E-state index in [9.17, 15) is 9.59 Å². The Kier molecular flexibility index (Phi) is 7.26. The number of carbonyl (C=O) groups excluding carboxylic acids is 2. The standard InChI is InChI=1S/C19H28ClN3O2/c1-13(2)19(25)21-10-15-5-4-8-23(11-15)12-18(24)22-17-7-6-14(3)9-16(17)20/h6-7,9,13,15H,4-5,8,10-12H2,1-3H3,(H,21,25)(H,22,24). The molecule has 1 fully saturated rings. The summed E-state index contributed by atoms with van der Waals surface area (Å²) in [6.07, 6.45) is 2.13. The second kappa shape index (κ2) is 9.20. The van der Waals surface area contributed by atoms with E-state index in [0.717, 1.165) is 31.5 Å². The SMILES string of the molecule is Cc1ccc(NC(=O)CN2CCCC(CNC(=O)C(C)C)C2)c(Cl)c1. The summed E-state index contributed by atoms with van der Waals surface area (Å²) < 4.78 is 0. The third-order valence-corrected chi connectivity index (χ3v) is 4.77. The summed E-state index contributed by atoms with van der Waals surface area (Å²) in [7, 11) is 0. The van der Waals surface area contributed by atoms with Crippen LogP contribution in [0.5, 0.6) is 0 Å². The fourth-order valence-electron chi connectivity index (χ4n) is 3.02. The van der Waals surface area contributed by atoms with Crippen LogP contribution in [-0.4, -0.2) is 42.9 Å². The molecular formula is C19H28ClN3O2. The highest BCUT2D eigenvalue weighted by molar-refractivity contribution is 6.33. The molecule has 0 radical (unpaired) electrons. The molecule has 0 aromatic heterocycles. The maximum Gasteiger partial charge on any atom is 0.238 e. The summed E-state index contributed by atoms with van der Waals surface area (Å²) in [6.45, 7) is 8.50. The molecule has 1 saturated heterocycles. The zero-order valence-electron chi connectivity index (χ0n) is 15.3. The average molecular weight is 366 g/mol. The highest BCUT2D eigenvalue weighted by atomic mass is 35.5. The predicted octanol–water partition coefficient (Wildman–Crippen LogP) is 3.07. The lowest BCUT2D eigenvalue weighted by Gasteiger charge is -2.32. The molecule has 1 heterocycles. The van der Waals surface area contributed by atoms with Crippen LogP contribution in [0.4, 0.5) is 5.69 Å². The lowest BCUT2D eigenvalue weighted by Crippen LogP contribution is -2.44. The molecule has 1 aromatic rings. The molecule has 1 aliphatic rings. The molecule has 138 valence electrons. The highest BCUT2D eigenvalue weighted by Crippen LogP contribution is 2.23. The monoisotopic (exact) mass is 365 g/mol. The number of amides is 2. The lowest BCUT2D eigenvalue weighted by molar-refractivity contribution is -0.124. The highest BCUT2D eigenvalue weighted by Gasteiger charge is 2.22. The van der Waals surface area contributed by atoms with Crippen LogP contribution in [0.3, 0.4) is 0 Å². The van der Waals surface area contributed by atoms with Crippen molar-refractivity contribution in [3.63, 3.8) is 0 Å². The largest absolute Gasteiger partial charge is 0.356 e. The molecule has 2 N–H and O–H groups in total. The van der Waals surface area contributed by atoms with E-state index in [-0.39, 0.29) is 17.7 Å². The molecule has 6 heteroatoms. The molecule has 25 heavy (non-hydrogen) atoms. The van der Waals surface area contributed by atoms with Crippen LogP contribution in [0.25, 0.3) is 0 Å². The van der Waals surface area contributed by atoms with Crippen LogP contribution in [0.2, 0.25) is 5.02 Å². The van der Waals surface area contributed by atoms with Gasteiger partial charge in [0.15, 0.2) is 0 Å². The molecule has 2 rings (SSSR count). The number of hydrogen-bond donors (Lipinski definition) is 2. The van der Waals surface area contributed by atoms with Gasteiger partial charge in [-0.25, -0.2) is 0 Å². The fraction of sp³-hybridized carbons (Fsp3) is 0.579. The minimum absolute atomic E-state index is 0.00438. The predicted molar refractivity (Wildman–Crippen MR) is 102 cm³/mol. The molecule has 0 aliphatic carbocycles.